The second-order valence-electron chi connectivity index (χ2n) is 4.80. The minimum Gasteiger partial charge on any atom is -0.439 e. The van der Waals surface area contributed by atoms with Crippen LogP contribution in [0.15, 0.2) is 30.3 Å². The predicted molar refractivity (Wildman–Crippen MR) is 72.6 cm³/mol. The van der Waals surface area contributed by atoms with E-state index >= 15 is 0 Å². The largest absolute Gasteiger partial charge is 0.439 e. The van der Waals surface area contributed by atoms with E-state index in [0.717, 1.165) is 29.5 Å². The fourth-order valence-corrected chi connectivity index (χ4v) is 1.76. The number of ether oxygens (including phenoxy) is 1. The van der Waals surface area contributed by atoms with Gasteiger partial charge in [-0.05, 0) is 17.5 Å². The number of hydrogen-bond acceptors (Lipinski definition) is 3. The number of rotatable bonds is 4. The van der Waals surface area contributed by atoms with E-state index in [9.17, 15) is 8.78 Å². The van der Waals surface area contributed by atoms with Gasteiger partial charge in [0.05, 0.1) is 0 Å². The summed E-state index contributed by atoms with van der Waals surface area (Å²) in [6, 6.07) is 6.55. The second kappa shape index (κ2) is 5.96. The zero-order chi connectivity index (χ0) is 14.7. The maximum atomic E-state index is 13.1. The monoisotopic (exact) mass is 278 g/mol. The molecule has 2 N–H and O–H groups in total. The van der Waals surface area contributed by atoms with Crippen LogP contribution in [0.3, 0.4) is 0 Å². The minimum atomic E-state index is -0.695. The molecule has 0 aliphatic heterocycles. The highest BCUT2D eigenvalue weighted by Crippen LogP contribution is 2.25. The van der Waals surface area contributed by atoms with Crippen molar-refractivity contribution in [1.29, 1.82) is 0 Å². The normalized spacial score (nSPS) is 10.9. The van der Waals surface area contributed by atoms with E-state index in [1.165, 1.54) is 0 Å². The van der Waals surface area contributed by atoms with Crippen LogP contribution in [0.2, 0.25) is 0 Å². The third kappa shape index (κ3) is 3.51. The molecule has 0 saturated heterocycles. The molecule has 0 radical (unpaired) electrons. The molecule has 106 valence electrons. The second-order valence-corrected chi connectivity index (χ2v) is 4.80. The molecule has 0 aliphatic rings. The lowest BCUT2D eigenvalue weighted by Gasteiger charge is -2.11. The van der Waals surface area contributed by atoms with Gasteiger partial charge in [-0.2, -0.15) is 0 Å². The quantitative estimate of drug-likeness (QED) is 0.927. The van der Waals surface area contributed by atoms with Gasteiger partial charge in [-0.15, -0.1) is 0 Å². The maximum Gasteiger partial charge on any atom is 0.219 e. The van der Waals surface area contributed by atoms with Crippen molar-refractivity contribution in [2.45, 2.75) is 26.3 Å². The molecule has 2 rings (SSSR count). The van der Waals surface area contributed by atoms with Crippen molar-refractivity contribution in [3.63, 3.8) is 0 Å². The van der Waals surface area contributed by atoms with Gasteiger partial charge in [-0.3, -0.25) is 0 Å². The van der Waals surface area contributed by atoms with Crippen molar-refractivity contribution in [3.8, 4) is 11.6 Å². The molecule has 0 amide bonds. The molecule has 0 bridgehead atoms. The topological polar surface area (TPSA) is 48.1 Å². The van der Waals surface area contributed by atoms with Crippen molar-refractivity contribution in [3.05, 3.63) is 53.2 Å². The molecule has 3 nitrogen and oxygen atoms in total. The van der Waals surface area contributed by atoms with Crippen molar-refractivity contribution >= 4 is 0 Å². The van der Waals surface area contributed by atoms with Gasteiger partial charge >= 0.3 is 0 Å². The predicted octanol–water partition coefficient (Wildman–Crippen LogP) is 3.73. The Morgan fingerprint density at radius 3 is 2.30 bits per heavy atom. The number of nitrogens with zero attached hydrogens (tertiary/aromatic N) is 1. The Labute approximate surface area is 116 Å². The van der Waals surface area contributed by atoms with Gasteiger partial charge in [0.25, 0.3) is 0 Å². The third-order valence-electron chi connectivity index (χ3n) is 2.77. The van der Waals surface area contributed by atoms with Crippen molar-refractivity contribution in [1.82, 2.24) is 4.98 Å². The average molecular weight is 278 g/mol. The number of nitrogens with two attached hydrogens (primary N) is 1. The van der Waals surface area contributed by atoms with E-state index < -0.39 is 11.6 Å². The van der Waals surface area contributed by atoms with Crippen LogP contribution in [0.5, 0.6) is 11.6 Å². The van der Waals surface area contributed by atoms with E-state index in [4.69, 9.17) is 10.5 Å². The van der Waals surface area contributed by atoms with Crippen molar-refractivity contribution in [2.75, 3.05) is 0 Å². The Kier molecular flexibility index (Phi) is 4.29. The first-order chi connectivity index (χ1) is 9.47. The molecule has 0 atom stereocenters. The van der Waals surface area contributed by atoms with Gasteiger partial charge in [-0.25, -0.2) is 13.8 Å². The Hall–Kier alpha value is -2.01. The van der Waals surface area contributed by atoms with Gasteiger partial charge in [0.1, 0.15) is 17.4 Å². The van der Waals surface area contributed by atoms with Crippen LogP contribution < -0.4 is 10.5 Å². The highest BCUT2D eigenvalue weighted by molar-refractivity contribution is 5.32. The molecule has 5 heteroatoms. The first-order valence-electron chi connectivity index (χ1n) is 6.33. The summed E-state index contributed by atoms with van der Waals surface area (Å²) in [5.41, 5.74) is 7.30. The summed E-state index contributed by atoms with van der Waals surface area (Å²) in [5.74, 6) is -0.841. The van der Waals surface area contributed by atoms with Gasteiger partial charge in [-0.1, -0.05) is 13.8 Å². The van der Waals surface area contributed by atoms with Crippen LogP contribution in [0.1, 0.15) is 31.0 Å². The van der Waals surface area contributed by atoms with Crippen LogP contribution in [-0.2, 0) is 6.54 Å². The van der Waals surface area contributed by atoms with E-state index in [1.54, 1.807) is 6.07 Å². The summed E-state index contributed by atoms with van der Waals surface area (Å²) in [7, 11) is 0. The summed E-state index contributed by atoms with van der Waals surface area (Å²) in [5, 5.41) is 0. The highest BCUT2D eigenvalue weighted by atomic mass is 19.1. The van der Waals surface area contributed by atoms with Gasteiger partial charge in [0.15, 0.2) is 0 Å². The fourth-order valence-electron chi connectivity index (χ4n) is 1.76. The van der Waals surface area contributed by atoms with E-state index in [2.05, 4.69) is 4.98 Å². The summed E-state index contributed by atoms with van der Waals surface area (Å²) < 4.78 is 31.7. The lowest BCUT2D eigenvalue weighted by atomic mass is 10.1. The molecule has 0 aliphatic carbocycles. The Morgan fingerprint density at radius 2 is 1.75 bits per heavy atom. The molecule has 1 aromatic carbocycles. The Morgan fingerprint density at radius 1 is 1.10 bits per heavy atom. The molecule has 0 saturated carbocycles. The smallest absolute Gasteiger partial charge is 0.219 e. The number of aromatic nitrogens is 1. The summed E-state index contributed by atoms with van der Waals surface area (Å²) in [6.07, 6.45) is 0. The van der Waals surface area contributed by atoms with Gasteiger partial charge in [0, 0.05) is 36.5 Å². The molecule has 0 unspecified atom stereocenters. The van der Waals surface area contributed by atoms with Crippen molar-refractivity contribution in [2.24, 2.45) is 5.73 Å². The molecule has 1 heterocycles. The first kappa shape index (κ1) is 14.4. The number of halogens is 2. The molecule has 1 aromatic heterocycles. The van der Waals surface area contributed by atoms with Crippen LogP contribution >= 0.6 is 0 Å². The molecule has 0 spiro atoms. The summed E-state index contributed by atoms with van der Waals surface area (Å²) in [4.78, 5) is 4.31. The van der Waals surface area contributed by atoms with E-state index in [0.29, 0.717) is 6.54 Å². The van der Waals surface area contributed by atoms with E-state index in [-0.39, 0.29) is 17.5 Å². The Bertz CT molecular complexity index is 595. The lowest BCUT2D eigenvalue weighted by molar-refractivity contribution is 0.447. The first-order valence-corrected chi connectivity index (χ1v) is 6.33. The SMILES string of the molecule is CC(C)c1cc(CN)cc(Oc2cc(F)cc(F)c2)n1. The highest BCUT2D eigenvalue weighted by Gasteiger charge is 2.09. The molecule has 2 aromatic rings. The molecular weight excluding hydrogens is 262 g/mol. The number of hydrogen-bond donors (Lipinski definition) is 1. The van der Waals surface area contributed by atoms with Crippen LogP contribution in [-0.4, -0.2) is 4.98 Å². The number of pyridine rings is 1. The standard InChI is InChI=1S/C15H16F2N2O/c1-9(2)14-3-10(8-18)4-15(19-14)20-13-6-11(16)5-12(17)7-13/h3-7,9H,8,18H2,1-2H3. The zero-order valence-corrected chi connectivity index (χ0v) is 11.4. The van der Waals surface area contributed by atoms with E-state index in [1.807, 2.05) is 19.9 Å². The summed E-state index contributed by atoms with van der Waals surface area (Å²) >= 11 is 0. The van der Waals surface area contributed by atoms with Gasteiger partial charge in [0.2, 0.25) is 5.88 Å². The fraction of sp³-hybridized carbons (Fsp3) is 0.267. The third-order valence-corrected chi connectivity index (χ3v) is 2.77. The minimum absolute atomic E-state index is 0.0684. The zero-order valence-electron chi connectivity index (χ0n) is 11.4. The molecule has 20 heavy (non-hydrogen) atoms. The maximum absolute atomic E-state index is 13.1. The van der Waals surface area contributed by atoms with Crippen LogP contribution in [0.25, 0.3) is 0 Å². The van der Waals surface area contributed by atoms with Crippen LogP contribution in [0.4, 0.5) is 8.78 Å². The molecular formula is C15H16F2N2O. The molecule has 0 fully saturated rings. The van der Waals surface area contributed by atoms with Crippen molar-refractivity contribution < 1.29 is 13.5 Å². The average Bonchev–Trinajstić information content (AvgIpc) is 2.36. The van der Waals surface area contributed by atoms with Gasteiger partial charge < -0.3 is 10.5 Å². The number of benzene rings is 1. The summed E-state index contributed by atoms with van der Waals surface area (Å²) in [6.45, 7) is 4.33. The lowest BCUT2D eigenvalue weighted by Crippen LogP contribution is -2.02. The van der Waals surface area contributed by atoms with Crippen LogP contribution in [0, 0.1) is 11.6 Å². The Balaban J connectivity index is 2.34.